The normalized spacial score (nSPS) is 16.8. The number of carbonyl (C=O) groups excluding carboxylic acids is 3. The van der Waals surface area contributed by atoms with E-state index in [0.717, 1.165) is 0 Å². The lowest BCUT2D eigenvalue weighted by Crippen LogP contribution is -2.53. The Morgan fingerprint density at radius 1 is 1.19 bits per heavy atom. The minimum Gasteiger partial charge on any atom is -0.423 e. The number of fused-ring (bicyclic) bond motifs is 1. The second-order valence-electron chi connectivity index (χ2n) is 6.13. The summed E-state index contributed by atoms with van der Waals surface area (Å²) in [4.78, 5) is 50.9. The zero-order chi connectivity index (χ0) is 18.8. The first-order valence-corrected chi connectivity index (χ1v) is 8.12. The molecule has 0 aromatic heterocycles. The molecule has 138 valence electrons. The number of piperazine rings is 1. The predicted molar refractivity (Wildman–Crippen MR) is 89.8 cm³/mol. The number of benzene rings is 1. The minimum atomic E-state index is -0.577. The van der Waals surface area contributed by atoms with Gasteiger partial charge in [-0.05, 0) is 6.07 Å². The second-order valence-corrected chi connectivity index (χ2v) is 6.13. The van der Waals surface area contributed by atoms with Crippen molar-refractivity contribution in [2.45, 2.75) is 6.92 Å². The lowest BCUT2D eigenvalue weighted by molar-refractivity contribution is -0.384. The van der Waals surface area contributed by atoms with E-state index in [2.05, 4.69) is 0 Å². The Kier molecular flexibility index (Phi) is 4.74. The molecule has 2 heterocycles. The summed E-state index contributed by atoms with van der Waals surface area (Å²) in [6.45, 7) is 3.17. The molecule has 0 N–H and O–H groups in total. The number of esters is 1. The van der Waals surface area contributed by atoms with Gasteiger partial charge >= 0.3 is 5.97 Å². The summed E-state index contributed by atoms with van der Waals surface area (Å²) < 4.78 is 5.07. The predicted octanol–water partition coefficient (Wildman–Crippen LogP) is 0.0109. The molecule has 10 nitrogen and oxygen atoms in total. The van der Waals surface area contributed by atoms with Gasteiger partial charge in [0.25, 0.3) is 5.69 Å². The largest absolute Gasteiger partial charge is 0.423 e. The molecule has 0 radical (unpaired) electrons. The molecule has 1 fully saturated rings. The summed E-state index contributed by atoms with van der Waals surface area (Å²) in [5, 5.41) is 10.9. The van der Waals surface area contributed by atoms with Crippen molar-refractivity contribution in [1.29, 1.82) is 0 Å². The van der Waals surface area contributed by atoms with Gasteiger partial charge < -0.3 is 19.4 Å². The van der Waals surface area contributed by atoms with Crippen molar-refractivity contribution >= 4 is 29.2 Å². The Morgan fingerprint density at radius 3 is 2.46 bits per heavy atom. The number of hydrogen-bond donors (Lipinski definition) is 0. The third kappa shape index (κ3) is 3.58. The lowest BCUT2D eigenvalue weighted by atomic mass is 10.2. The zero-order valence-corrected chi connectivity index (χ0v) is 14.2. The van der Waals surface area contributed by atoms with Crippen LogP contribution in [0.4, 0.5) is 11.4 Å². The zero-order valence-electron chi connectivity index (χ0n) is 14.2. The van der Waals surface area contributed by atoms with Crippen LogP contribution in [0.5, 0.6) is 5.75 Å². The maximum atomic E-state index is 12.6. The minimum absolute atomic E-state index is 0.0219. The quantitative estimate of drug-likeness (QED) is 0.322. The number of rotatable bonds is 3. The van der Waals surface area contributed by atoms with Crippen LogP contribution in [0.2, 0.25) is 0 Å². The molecule has 1 aromatic carbocycles. The first-order chi connectivity index (χ1) is 12.3. The van der Waals surface area contributed by atoms with Crippen molar-refractivity contribution in [2.75, 3.05) is 44.2 Å². The first-order valence-electron chi connectivity index (χ1n) is 8.12. The summed E-state index contributed by atoms with van der Waals surface area (Å²) >= 11 is 0. The van der Waals surface area contributed by atoms with Crippen LogP contribution < -0.4 is 9.64 Å². The van der Waals surface area contributed by atoms with Crippen molar-refractivity contribution < 1.29 is 24.0 Å². The third-order valence-corrected chi connectivity index (χ3v) is 4.44. The van der Waals surface area contributed by atoms with Crippen molar-refractivity contribution in [1.82, 2.24) is 9.80 Å². The summed E-state index contributed by atoms with van der Waals surface area (Å²) in [6.07, 6.45) is 0. The van der Waals surface area contributed by atoms with Gasteiger partial charge in [-0.3, -0.25) is 19.7 Å². The van der Waals surface area contributed by atoms with Crippen LogP contribution in [-0.4, -0.2) is 71.8 Å². The molecule has 26 heavy (non-hydrogen) atoms. The number of hydrogen-bond acceptors (Lipinski definition) is 7. The number of non-ortho nitro benzene ring substituents is 1. The van der Waals surface area contributed by atoms with Gasteiger partial charge in [0.15, 0.2) is 5.75 Å². The summed E-state index contributed by atoms with van der Waals surface area (Å²) in [5.41, 5.74) is 0.274. The summed E-state index contributed by atoms with van der Waals surface area (Å²) in [5.74, 6) is -0.699. The van der Waals surface area contributed by atoms with Gasteiger partial charge in [-0.1, -0.05) is 0 Å². The number of nitro benzene ring substituents is 1. The van der Waals surface area contributed by atoms with E-state index in [1.807, 2.05) is 0 Å². The van der Waals surface area contributed by atoms with Crippen molar-refractivity contribution in [3.63, 3.8) is 0 Å². The molecular formula is C16H18N4O6. The maximum absolute atomic E-state index is 12.6. The molecule has 0 spiro atoms. The highest BCUT2D eigenvalue weighted by Gasteiger charge is 2.30. The van der Waals surface area contributed by atoms with E-state index < -0.39 is 10.9 Å². The van der Waals surface area contributed by atoms with Crippen LogP contribution in [-0.2, 0) is 14.4 Å². The van der Waals surface area contributed by atoms with Gasteiger partial charge in [-0.25, -0.2) is 4.79 Å². The monoisotopic (exact) mass is 362 g/mol. The fourth-order valence-electron chi connectivity index (χ4n) is 3.03. The van der Waals surface area contributed by atoms with Gasteiger partial charge in [-0.15, -0.1) is 0 Å². The van der Waals surface area contributed by atoms with Gasteiger partial charge in [-0.2, -0.15) is 0 Å². The van der Waals surface area contributed by atoms with Crippen LogP contribution in [0.1, 0.15) is 6.92 Å². The molecular weight excluding hydrogens is 344 g/mol. The first kappa shape index (κ1) is 17.6. The molecule has 2 amide bonds. The molecule has 1 saturated heterocycles. The Morgan fingerprint density at radius 2 is 1.85 bits per heavy atom. The van der Waals surface area contributed by atoms with Gasteiger partial charge in [0.05, 0.1) is 23.2 Å². The summed E-state index contributed by atoms with van der Waals surface area (Å²) in [7, 11) is 0. The molecule has 0 bridgehead atoms. The van der Waals surface area contributed by atoms with Crippen molar-refractivity contribution in [2.24, 2.45) is 0 Å². The number of nitrogens with zero attached hydrogens (tertiary/aromatic N) is 4. The highest BCUT2D eigenvalue weighted by Crippen LogP contribution is 2.35. The molecule has 0 saturated carbocycles. The number of carbonyl (C=O) groups is 3. The fraction of sp³-hybridized carbons (Fsp3) is 0.438. The average molecular weight is 362 g/mol. The SMILES string of the molecule is CC(=O)N1CCN(C(=O)CN2CC(=O)Oc3cc([N+](=O)[O-])ccc32)CC1. The van der Waals surface area contributed by atoms with Crippen LogP contribution in [0.15, 0.2) is 18.2 Å². The highest BCUT2D eigenvalue weighted by atomic mass is 16.6. The third-order valence-electron chi connectivity index (χ3n) is 4.44. The van der Waals surface area contributed by atoms with Gasteiger partial charge in [0.1, 0.15) is 6.54 Å². The molecule has 2 aliphatic heterocycles. The Hall–Kier alpha value is -3.17. The molecule has 3 rings (SSSR count). The van der Waals surface area contributed by atoms with E-state index in [9.17, 15) is 24.5 Å². The van der Waals surface area contributed by atoms with Crippen LogP contribution in [0.3, 0.4) is 0 Å². The second kappa shape index (κ2) is 6.98. The fourth-order valence-corrected chi connectivity index (χ4v) is 3.03. The molecule has 0 aliphatic carbocycles. The van der Waals surface area contributed by atoms with Crippen LogP contribution >= 0.6 is 0 Å². The van der Waals surface area contributed by atoms with E-state index in [4.69, 9.17) is 4.74 Å². The highest BCUT2D eigenvalue weighted by molar-refractivity contribution is 5.89. The number of nitro groups is 1. The smallest absolute Gasteiger partial charge is 0.331 e. The Labute approximate surface area is 149 Å². The van der Waals surface area contributed by atoms with Gasteiger partial charge in [0, 0.05) is 39.2 Å². The lowest BCUT2D eigenvalue weighted by Gasteiger charge is -2.36. The van der Waals surface area contributed by atoms with Gasteiger partial charge in [0.2, 0.25) is 11.8 Å². The van der Waals surface area contributed by atoms with Crippen molar-refractivity contribution in [3.05, 3.63) is 28.3 Å². The average Bonchev–Trinajstić information content (AvgIpc) is 2.61. The molecule has 0 unspecified atom stereocenters. The van der Waals surface area contributed by atoms with Crippen molar-refractivity contribution in [3.8, 4) is 5.75 Å². The standard InChI is InChI=1S/C16H18N4O6/c1-11(21)17-4-6-18(7-5-17)15(22)9-19-10-16(23)26-14-8-12(20(24)25)2-3-13(14)19/h2-3,8H,4-7,9-10H2,1H3. The Balaban J connectivity index is 1.71. The Bertz CT molecular complexity index is 772. The van der Waals surface area contributed by atoms with E-state index in [-0.39, 0.29) is 36.3 Å². The summed E-state index contributed by atoms with van der Waals surface area (Å²) in [6, 6.07) is 3.96. The number of ether oxygens (including phenoxy) is 1. The topological polar surface area (TPSA) is 113 Å². The van der Waals surface area contributed by atoms with E-state index in [1.165, 1.54) is 25.1 Å². The van der Waals surface area contributed by atoms with Crippen LogP contribution in [0, 0.1) is 10.1 Å². The van der Waals surface area contributed by atoms with E-state index in [0.29, 0.717) is 31.9 Å². The molecule has 1 aromatic rings. The number of amides is 2. The molecule has 2 aliphatic rings. The molecule has 0 atom stereocenters. The van der Waals surface area contributed by atoms with Crippen LogP contribution in [0.25, 0.3) is 0 Å². The molecule has 10 heteroatoms. The van der Waals surface area contributed by atoms with E-state index in [1.54, 1.807) is 14.7 Å². The van der Waals surface area contributed by atoms with E-state index >= 15 is 0 Å². The number of anilines is 1. The maximum Gasteiger partial charge on any atom is 0.331 e.